The minimum absolute atomic E-state index is 0.0191. The number of hydrogen-bond donors (Lipinski definition) is 6. The Kier molecular flexibility index (Phi) is 13.2. The second kappa shape index (κ2) is 17.5. The Morgan fingerprint density at radius 1 is 1.04 bits per heavy atom. The van der Waals surface area contributed by atoms with Crippen molar-refractivity contribution < 1.29 is 32.7 Å². The van der Waals surface area contributed by atoms with Crippen LogP contribution < -0.4 is 21.1 Å². The number of guanidine groups is 1. The van der Waals surface area contributed by atoms with Gasteiger partial charge in [0.25, 0.3) is 5.97 Å². The van der Waals surface area contributed by atoms with Crippen LogP contribution in [-0.4, -0.2) is 96.2 Å². The van der Waals surface area contributed by atoms with Gasteiger partial charge < -0.3 is 31.3 Å². The molecule has 2 atom stereocenters. The maximum absolute atomic E-state index is 14.0. The number of nitrogens with one attached hydrogen (secondary N) is 4. The predicted molar refractivity (Wildman–Crippen MR) is 186 cm³/mol. The Morgan fingerprint density at radius 3 is 2.42 bits per heavy atom. The van der Waals surface area contributed by atoms with Gasteiger partial charge in [-0.25, -0.2) is 8.42 Å². The zero-order valence-corrected chi connectivity index (χ0v) is 28.7. The molecule has 5 rings (SSSR count). The first kappa shape index (κ1) is 37.7. The first-order valence-corrected chi connectivity index (χ1v) is 17.8. The molecule has 3 aromatic rings. The molecule has 268 valence electrons. The van der Waals surface area contributed by atoms with Crippen LogP contribution in [0.4, 0.5) is 0 Å². The standard InChI is InChI=1S/C32H40N8O5S.C2H4O2/c33-32(34)39-14-4-6-23(20-39)19-36-29(41)16-28(38-46(44,45)27-12-9-24-7-1-2-8-25(24)15-27)31(43)40(26-10-11-26)21-30(42)37-18-22-5-3-13-35-17-22;1-2(3)4/h1-3,5,7-9,12-13,15,17,23,26,28,38H,4,6,10-11,14,16,18-21H2,(H3,33,34)(H,36,41)(H,37,42);1H3,(H,3,4)/t23-,28-;/m0./s1. The number of sulfonamides is 1. The first-order valence-electron chi connectivity index (χ1n) is 16.3. The molecule has 0 unspecified atom stereocenters. The van der Waals surface area contributed by atoms with Crippen molar-refractivity contribution in [2.45, 2.75) is 62.6 Å². The lowest BCUT2D eigenvalue weighted by molar-refractivity contribution is -0.139. The molecule has 2 aromatic carbocycles. The van der Waals surface area contributed by atoms with Gasteiger partial charge in [0.05, 0.1) is 17.9 Å². The van der Waals surface area contributed by atoms with E-state index in [1.165, 1.54) is 17.0 Å². The Balaban J connectivity index is 0.00000133. The van der Waals surface area contributed by atoms with Gasteiger partial charge in [-0.05, 0) is 66.1 Å². The molecule has 50 heavy (non-hydrogen) atoms. The average molecular weight is 709 g/mol. The van der Waals surface area contributed by atoms with Gasteiger partial charge in [-0.15, -0.1) is 0 Å². The summed E-state index contributed by atoms with van der Waals surface area (Å²) in [6.45, 7) is 2.53. The van der Waals surface area contributed by atoms with E-state index in [4.69, 9.17) is 21.0 Å². The molecule has 1 aliphatic carbocycles. The van der Waals surface area contributed by atoms with Crippen molar-refractivity contribution in [1.82, 2.24) is 30.1 Å². The summed E-state index contributed by atoms with van der Waals surface area (Å²) in [5.41, 5.74) is 6.44. The summed E-state index contributed by atoms with van der Waals surface area (Å²) in [4.78, 5) is 56.3. The first-order chi connectivity index (χ1) is 23.8. The number of aliphatic carboxylic acids is 1. The van der Waals surface area contributed by atoms with Crippen LogP contribution in [0, 0.1) is 11.3 Å². The van der Waals surface area contributed by atoms with Crippen LogP contribution in [0.3, 0.4) is 0 Å². The zero-order chi connectivity index (χ0) is 36.3. The number of aromatic nitrogens is 1. The van der Waals surface area contributed by atoms with E-state index in [1.54, 1.807) is 41.6 Å². The van der Waals surface area contributed by atoms with E-state index in [0.717, 1.165) is 30.7 Å². The van der Waals surface area contributed by atoms with Gasteiger partial charge in [0.2, 0.25) is 27.7 Å². The fraction of sp³-hybridized carbons (Fsp3) is 0.412. The summed E-state index contributed by atoms with van der Waals surface area (Å²) in [5.74, 6) is -2.35. The van der Waals surface area contributed by atoms with Crippen molar-refractivity contribution in [2.24, 2.45) is 11.7 Å². The number of benzene rings is 2. The predicted octanol–water partition coefficient (Wildman–Crippen LogP) is 1.39. The topological polar surface area (TPSA) is 228 Å². The van der Waals surface area contributed by atoms with Crippen molar-refractivity contribution in [3.8, 4) is 0 Å². The molecule has 0 bridgehead atoms. The second-order valence-corrected chi connectivity index (χ2v) is 14.1. The van der Waals surface area contributed by atoms with Crippen LogP contribution in [0.2, 0.25) is 0 Å². The van der Waals surface area contributed by atoms with Gasteiger partial charge in [0.1, 0.15) is 6.04 Å². The van der Waals surface area contributed by atoms with Crippen LogP contribution in [0.25, 0.3) is 10.8 Å². The van der Waals surface area contributed by atoms with E-state index in [1.807, 2.05) is 18.2 Å². The van der Waals surface area contributed by atoms with Gasteiger partial charge in [-0.3, -0.25) is 29.6 Å². The number of piperidine rings is 1. The van der Waals surface area contributed by atoms with Crippen LogP contribution in [0.15, 0.2) is 71.9 Å². The number of nitrogens with zero attached hydrogens (tertiary/aromatic N) is 3. The number of carboxylic acids is 1. The maximum atomic E-state index is 14.0. The third-order valence-corrected chi connectivity index (χ3v) is 9.73. The van der Waals surface area contributed by atoms with Crippen molar-refractivity contribution in [3.05, 3.63) is 72.6 Å². The molecule has 2 heterocycles. The highest BCUT2D eigenvalue weighted by molar-refractivity contribution is 7.89. The number of fused-ring (bicyclic) bond motifs is 1. The minimum atomic E-state index is -4.24. The van der Waals surface area contributed by atoms with E-state index in [2.05, 4.69) is 20.3 Å². The SMILES string of the molecule is CC(=O)O.N=C(N)N1CCC[C@@H](CNC(=O)C[C@H](NS(=O)(=O)c2ccc3ccccc3c2)C(=O)N(CC(=O)NCc2cccnc2)C2CC2)C1. The summed E-state index contributed by atoms with van der Waals surface area (Å²) in [7, 11) is -4.24. The Hall–Kier alpha value is -5.09. The molecule has 0 spiro atoms. The Morgan fingerprint density at radius 2 is 1.76 bits per heavy atom. The van der Waals surface area contributed by atoms with E-state index >= 15 is 0 Å². The highest BCUT2D eigenvalue weighted by atomic mass is 32.2. The molecule has 2 aliphatic rings. The monoisotopic (exact) mass is 708 g/mol. The third-order valence-electron chi connectivity index (χ3n) is 8.26. The lowest BCUT2D eigenvalue weighted by Gasteiger charge is -2.33. The van der Waals surface area contributed by atoms with Gasteiger partial charge >= 0.3 is 0 Å². The van der Waals surface area contributed by atoms with E-state index in [9.17, 15) is 22.8 Å². The normalized spacial score (nSPS) is 16.3. The van der Waals surface area contributed by atoms with Crippen LogP contribution in [0.5, 0.6) is 0 Å². The molecule has 3 amide bonds. The number of carbonyl (C=O) groups excluding carboxylic acids is 3. The fourth-order valence-electron chi connectivity index (χ4n) is 5.62. The van der Waals surface area contributed by atoms with Crippen molar-refractivity contribution >= 4 is 50.4 Å². The molecule has 7 N–H and O–H groups in total. The molecule has 1 saturated heterocycles. The van der Waals surface area contributed by atoms with Crippen LogP contribution >= 0.6 is 0 Å². The Bertz CT molecular complexity index is 1780. The van der Waals surface area contributed by atoms with Crippen LogP contribution in [-0.2, 0) is 35.7 Å². The number of hydrogen-bond acceptors (Lipinski definition) is 8. The third kappa shape index (κ3) is 11.5. The minimum Gasteiger partial charge on any atom is -0.481 e. The Labute approximate surface area is 291 Å². The number of pyridine rings is 1. The highest BCUT2D eigenvalue weighted by Gasteiger charge is 2.39. The molecule has 15 nitrogen and oxygen atoms in total. The number of nitrogens with two attached hydrogens (primary N) is 1. The van der Waals surface area contributed by atoms with E-state index in [0.29, 0.717) is 37.9 Å². The molecule has 1 aromatic heterocycles. The average Bonchev–Trinajstić information content (AvgIpc) is 3.94. The van der Waals surface area contributed by atoms with Crippen molar-refractivity contribution in [1.29, 1.82) is 5.41 Å². The number of rotatable bonds is 13. The zero-order valence-electron chi connectivity index (χ0n) is 27.9. The number of likely N-dealkylation sites (tertiary alicyclic amines) is 1. The van der Waals surface area contributed by atoms with E-state index in [-0.39, 0.29) is 35.9 Å². The lowest BCUT2D eigenvalue weighted by Crippen LogP contribution is -2.53. The molecular weight excluding hydrogens is 664 g/mol. The van der Waals surface area contributed by atoms with Crippen LogP contribution in [0.1, 0.15) is 44.6 Å². The number of amides is 3. The number of carbonyl (C=O) groups is 4. The summed E-state index contributed by atoms with van der Waals surface area (Å²) in [5, 5.41) is 22.3. The summed E-state index contributed by atoms with van der Waals surface area (Å²) >= 11 is 0. The summed E-state index contributed by atoms with van der Waals surface area (Å²) in [6, 6.07) is 13.9. The van der Waals surface area contributed by atoms with Gasteiger partial charge in [-0.1, -0.05) is 36.4 Å². The quantitative estimate of drug-likeness (QED) is 0.110. The van der Waals surface area contributed by atoms with E-state index < -0.39 is 46.2 Å². The fourth-order valence-corrected chi connectivity index (χ4v) is 6.85. The molecule has 1 aliphatic heterocycles. The second-order valence-electron chi connectivity index (χ2n) is 12.4. The van der Waals surface area contributed by atoms with Crippen molar-refractivity contribution in [3.63, 3.8) is 0 Å². The molecular formula is C34H44N8O7S. The number of carboxylic acid groups (broad SMARTS) is 1. The highest BCUT2D eigenvalue weighted by Crippen LogP contribution is 2.28. The lowest BCUT2D eigenvalue weighted by atomic mass is 9.98. The molecule has 2 fully saturated rings. The smallest absolute Gasteiger partial charge is 0.300 e. The van der Waals surface area contributed by atoms with Gasteiger partial charge in [0, 0.05) is 51.5 Å². The molecule has 0 radical (unpaired) electrons. The molecule has 16 heteroatoms. The van der Waals surface area contributed by atoms with Gasteiger partial charge in [0.15, 0.2) is 5.96 Å². The largest absolute Gasteiger partial charge is 0.481 e. The summed E-state index contributed by atoms with van der Waals surface area (Å²) in [6.07, 6.45) is 5.82. The summed E-state index contributed by atoms with van der Waals surface area (Å²) < 4.78 is 29.7. The van der Waals surface area contributed by atoms with Crippen molar-refractivity contribution in [2.75, 3.05) is 26.2 Å². The molecule has 1 saturated carbocycles. The van der Waals surface area contributed by atoms with Gasteiger partial charge in [-0.2, -0.15) is 4.72 Å². The maximum Gasteiger partial charge on any atom is 0.300 e.